The highest BCUT2D eigenvalue weighted by Gasteiger charge is 2.13. The summed E-state index contributed by atoms with van der Waals surface area (Å²) in [7, 11) is 8.46. The minimum Gasteiger partial charge on any atom is -0.306 e. The minimum atomic E-state index is 0.978. The highest BCUT2D eigenvalue weighted by molar-refractivity contribution is 5.06. The Morgan fingerprint density at radius 2 is 1.15 bits per heavy atom. The van der Waals surface area contributed by atoms with Gasteiger partial charge in [0.05, 0.1) is 0 Å². The van der Waals surface area contributed by atoms with Gasteiger partial charge in [0.2, 0.25) is 0 Å². The van der Waals surface area contributed by atoms with Crippen molar-refractivity contribution >= 4 is 0 Å². The van der Waals surface area contributed by atoms with Crippen LogP contribution in [0.5, 0.6) is 0 Å². The van der Waals surface area contributed by atoms with Crippen molar-refractivity contribution in [1.29, 1.82) is 0 Å². The SMILES string of the molecule is CC1CCN(C)CC1.CCC1CCN(C)CC1.CCc1cc[n+](C)cc1.Cc1cc[n+](C)cc1. The molecule has 2 aliphatic rings. The lowest BCUT2D eigenvalue weighted by Crippen LogP contribution is -2.29. The van der Waals surface area contributed by atoms with E-state index < -0.39 is 0 Å². The third-order valence-corrected chi connectivity index (χ3v) is 7.02. The fraction of sp³-hybridized carbons (Fsp3) is 0.667. The first kappa shape index (κ1) is 30.3. The van der Waals surface area contributed by atoms with E-state index in [0.717, 1.165) is 18.3 Å². The molecule has 0 unspecified atom stereocenters. The maximum Gasteiger partial charge on any atom is 0.168 e. The van der Waals surface area contributed by atoms with E-state index in [2.05, 4.69) is 88.2 Å². The highest BCUT2D eigenvalue weighted by Crippen LogP contribution is 2.18. The largest absolute Gasteiger partial charge is 0.306 e. The average Bonchev–Trinajstić information content (AvgIpc) is 2.85. The lowest BCUT2D eigenvalue weighted by molar-refractivity contribution is -0.671. The molecule has 2 saturated heterocycles. The second-order valence-electron chi connectivity index (χ2n) is 10.4. The fourth-order valence-corrected chi connectivity index (χ4v) is 3.95. The van der Waals surface area contributed by atoms with E-state index in [-0.39, 0.29) is 0 Å². The van der Waals surface area contributed by atoms with Crippen LogP contribution < -0.4 is 9.13 Å². The van der Waals surface area contributed by atoms with Gasteiger partial charge < -0.3 is 9.80 Å². The van der Waals surface area contributed by atoms with Crippen LogP contribution in [0.1, 0.15) is 64.0 Å². The van der Waals surface area contributed by atoms with Crippen LogP contribution in [-0.2, 0) is 20.5 Å². The Hall–Kier alpha value is -1.78. The molecule has 0 bridgehead atoms. The molecule has 0 amide bonds. The zero-order valence-electron chi connectivity index (χ0n) is 23.6. The fourth-order valence-electron chi connectivity index (χ4n) is 3.95. The molecule has 34 heavy (non-hydrogen) atoms. The molecule has 0 aliphatic carbocycles. The summed E-state index contributed by atoms with van der Waals surface area (Å²) < 4.78 is 4.06. The molecule has 2 aromatic rings. The summed E-state index contributed by atoms with van der Waals surface area (Å²) in [6.07, 6.45) is 16.4. The number of likely N-dealkylation sites (tertiary alicyclic amines) is 2. The second-order valence-corrected chi connectivity index (χ2v) is 10.4. The maximum absolute atomic E-state index is 2.42. The molecule has 4 rings (SSSR count). The van der Waals surface area contributed by atoms with Gasteiger partial charge in [0, 0.05) is 24.3 Å². The zero-order chi connectivity index (χ0) is 25.3. The number of aromatic nitrogens is 2. The molecular weight excluding hydrogens is 416 g/mol. The van der Waals surface area contributed by atoms with Crippen LogP contribution in [-0.4, -0.2) is 50.1 Å². The van der Waals surface area contributed by atoms with Crippen LogP contribution in [0.15, 0.2) is 49.1 Å². The van der Waals surface area contributed by atoms with Crippen molar-refractivity contribution in [2.45, 2.75) is 66.2 Å². The summed E-state index contributed by atoms with van der Waals surface area (Å²) >= 11 is 0. The third kappa shape index (κ3) is 14.5. The first-order valence-electron chi connectivity index (χ1n) is 13.5. The van der Waals surface area contributed by atoms with E-state index in [1.807, 2.05) is 35.6 Å². The Morgan fingerprint density at radius 1 is 0.735 bits per heavy atom. The minimum absolute atomic E-state index is 0.978. The van der Waals surface area contributed by atoms with Gasteiger partial charge in [-0.2, -0.15) is 0 Å². The van der Waals surface area contributed by atoms with Gasteiger partial charge in [-0.15, -0.1) is 0 Å². The number of nitrogens with zero attached hydrogens (tertiary/aromatic N) is 4. The van der Waals surface area contributed by atoms with Crippen LogP contribution in [0, 0.1) is 18.8 Å². The van der Waals surface area contributed by atoms with Crippen LogP contribution in [0.4, 0.5) is 0 Å². The molecule has 4 nitrogen and oxygen atoms in total. The quantitative estimate of drug-likeness (QED) is 0.575. The number of pyridine rings is 2. The molecule has 0 aromatic carbocycles. The van der Waals surface area contributed by atoms with E-state index in [1.165, 1.54) is 69.4 Å². The van der Waals surface area contributed by atoms with Gasteiger partial charge in [0.1, 0.15) is 14.1 Å². The second kappa shape index (κ2) is 17.6. The smallest absolute Gasteiger partial charge is 0.168 e. The molecule has 2 fully saturated rings. The Balaban J connectivity index is 0.000000227. The van der Waals surface area contributed by atoms with E-state index in [1.54, 1.807) is 0 Å². The number of rotatable bonds is 2. The van der Waals surface area contributed by atoms with Gasteiger partial charge >= 0.3 is 0 Å². The molecule has 0 spiro atoms. The van der Waals surface area contributed by atoms with Gasteiger partial charge in [0.25, 0.3) is 0 Å². The van der Waals surface area contributed by atoms with Crippen LogP contribution >= 0.6 is 0 Å². The summed E-state index contributed by atoms with van der Waals surface area (Å²) in [6.45, 7) is 14.1. The molecular formula is C30H54N4+2. The van der Waals surface area contributed by atoms with Crippen molar-refractivity contribution in [3.8, 4) is 0 Å². The Labute approximate surface area is 211 Å². The van der Waals surface area contributed by atoms with Gasteiger partial charge in [-0.25, -0.2) is 9.13 Å². The Bertz CT molecular complexity index is 694. The van der Waals surface area contributed by atoms with E-state index in [0.29, 0.717) is 0 Å². The summed E-state index contributed by atoms with van der Waals surface area (Å²) in [5, 5.41) is 0. The summed E-state index contributed by atoms with van der Waals surface area (Å²) in [6, 6.07) is 8.44. The lowest BCUT2D eigenvalue weighted by Gasteiger charge is -2.27. The third-order valence-electron chi connectivity index (χ3n) is 7.02. The molecule has 4 heterocycles. The van der Waals surface area contributed by atoms with Gasteiger partial charge in [0.15, 0.2) is 24.8 Å². The van der Waals surface area contributed by atoms with Crippen LogP contribution in [0.3, 0.4) is 0 Å². The van der Waals surface area contributed by atoms with E-state index >= 15 is 0 Å². The molecule has 0 N–H and O–H groups in total. The highest BCUT2D eigenvalue weighted by atomic mass is 15.1. The van der Waals surface area contributed by atoms with Crippen molar-refractivity contribution in [1.82, 2.24) is 9.80 Å². The van der Waals surface area contributed by atoms with E-state index in [9.17, 15) is 0 Å². The first-order valence-corrected chi connectivity index (χ1v) is 13.5. The lowest BCUT2D eigenvalue weighted by atomic mass is 9.95. The number of hydrogen-bond donors (Lipinski definition) is 0. The van der Waals surface area contributed by atoms with Gasteiger partial charge in [-0.1, -0.05) is 27.2 Å². The van der Waals surface area contributed by atoms with Gasteiger partial charge in [-0.3, -0.25) is 0 Å². The maximum atomic E-state index is 2.42. The summed E-state index contributed by atoms with van der Waals surface area (Å²) in [4.78, 5) is 4.83. The molecule has 2 aromatic heterocycles. The first-order chi connectivity index (χ1) is 16.2. The van der Waals surface area contributed by atoms with Gasteiger partial charge in [-0.05, 0) is 102 Å². The number of aryl methyl sites for hydroxylation is 4. The molecule has 0 saturated carbocycles. The monoisotopic (exact) mass is 470 g/mol. The Morgan fingerprint density at radius 3 is 1.50 bits per heavy atom. The van der Waals surface area contributed by atoms with Crippen molar-refractivity contribution in [2.75, 3.05) is 40.3 Å². The molecule has 4 heteroatoms. The molecule has 0 atom stereocenters. The van der Waals surface area contributed by atoms with Crippen molar-refractivity contribution in [3.63, 3.8) is 0 Å². The normalized spacial score (nSPS) is 17.4. The number of hydrogen-bond acceptors (Lipinski definition) is 2. The molecule has 0 radical (unpaired) electrons. The molecule has 2 aliphatic heterocycles. The van der Waals surface area contributed by atoms with E-state index in [4.69, 9.17) is 0 Å². The predicted octanol–water partition coefficient (Wildman–Crippen LogP) is 4.98. The predicted molar refractivity (Wildman–Crippen MR) is 146 cm³/mol. The number of piperidine rings is 2. The zero-order valence-corrected chi connectivity index (χ0v) is 23.6. The van der Waals surface area contributed by atoms with Crippen molar-refractivity contribution in [2.24, 2.45) is 25.9 Å². The van der Waals surface area contributed by atoms with Crippen molar-refractivity contribution < 1.29 is 9.13 Å². The molecule has 192 valence electrons. The van der Waals surface area contributed by atoms with Crippen LogP contribution in [0.2, 0.25) is 0 Å². The average molecular weight is 471 g/mol. The Kier molecular flexibility index (Phi) is 15.7. The summed E-state index contributed by atoms with van der Waals surface area (Å²) in [5.74, 6) is 2.01. The summed E-state index contributed by atoms with van der Waals surface area (Å²) in [5.41, 5.74) is 2.70. The standard InChI is InChI=1S/C8H17N.C8H12N.C7H15N.C7H10N/c2*1-3-8-4-6-9(2)7-5-8;2*1-7-3-5-8(2)6-4-7/h8H,3-7H2,1-2H3;4-7H,3H2,1-2H3;7H,3-6H2,1-2H3;3-6H,1-2H3/q;+1;;+1. The van der Waals surface area contributed by atoms with Crippen LogP contribution in [0.25, 0.3) is 0 Å². The van der Waals surface area contributed by atoms with Crippen molar-refractivity contribution in [3.05, 3.63) is 60.2 Å². The topological polar surface area (TPSA) is 14.2 Å².